The topological polar surface area (TPSA) is 25.2 Å². The van der Waals surface area contributed by atoms with Gasteiger partial charge in [-0.3, -0.25) is 0 Å². The molecule has 1 aliphatic rings. The summed E-state index contributed by atoms with van der Waals surface area (Å²) in [5.41, 5.74) is 3.90. The summed E-state index contributed by atoms with van der Waals surface area (Å²) < 4.78 is 2.48. The molecule has 0 bridgehead atoms. The predicted molar refractivity (Wildman–Crippen MR) is 75.8 cm³/mol. The molecule has 18 heavy (non-hydrogen) atoms. The van der Waals surface area contributed by atoms with Crippen LogP contribution in [0.15, 0.2) is 6.07 Å². The molecule has 1 aromatic heterocycles. The highest BCUT2D eigenvalue weighted by Gasteiger charge is 2.25. The van der Waals surface area contributed by atoms with Crippen LogP contribution in [0.25, 0.3) is 0 Å². The second-order valence-electron chi connectivity index (χ2n) is 6.06. The standard InChI is InChI=1S/C16H27NO/c1-5-11(2)9-12(3)17-13(4)10-14-15(17)7-6-8-16(14)18/h10-12,16,18H,5-9H2,1-4H3. The summed E-state index contributed by atoms with van der Waals surface area (Å²) in [4.78, 5) is 0. The fourth-order valence-corrected chi connectivity index (χ4v) is 3.37. The van der Waals surface area contributed by atoms with Crippen LogP contribution < -0.4 is 0 Å². The maximum absolute atomic E-state index is 10.1. The lowest BCUT2D eigenvalue weighted by molar-refractivity contribution is 0.155. The van der Waals surface area contributed by atoms with Crippen molar-refractivity contribution in [1.29, 1.82) is 0 Å². The van der Waals surface area contributed by atoms with Gasteiger partial charge in [0.25, 0.3) is 0 Å². The van der Waals surface area contributed by atoms with Crippen LogP contribution in [-0.2, 0) is 6.42 Å². The van der Waals surface area contributed by atoms with Crippen molar-refractivity contribution in [2.24, 2.45) is 5.92 Å². The van der Waals surface area contributed by atoms with Crippen LogP contribution >= 0.6 is 0 Å². The highest BCUT2D eigenvalue weighted by atomic mass is 16.3. The Balaban J connectivity index is 2.27. The zero-order valence-electron chi connectivity index (χ0n) is 12.2. The molecular weight excluding hydrogens is 222 g/mol. The first kappa shape index (κ1) is 13.7. The number of aliphatic hydroxyl groups excluding tert-OH is 1. The van der Waals surface area contributed by atoms with Crippen LogP contribution in [0, 0.1) is 12.8 Å². The summed E-state index contributed by atoms with van der Waals surface area (Å²) in [6.45, 7) is 9.09. The van der Waals surface area contributed by atoms with Crippen molar-refractivity contribution in [1.82, 2.24) is 4.57 Å². The van der Waals surface area contributed by atoms with Gasteiger partial charge >= 0.3 is 0 Å². The second kappa shape index (κ2) is 5.48. The van der Waals surface area contributed by atoms with Crippen LogP contribution in [0.2, 0.25) is 0 Å². The highest BCUT2D eigenvalue weighted by molar-refractivity contribution is 5.32. The molecule has 0 saturated carbocycles. The van der Waals surface area contributed by atoms with Crippen molar-refractivity contribution in [2.45, 2.75) is 71.9 Å². The van der Waals surface area contributed by atoms with Crippen molar-refractivity contribution >= 4 is 0 Å². The summed E-state index contributed by atoms with van der Waals surface area (Å²) in [5, 5.41) is 10.1. The van der Waals surface area contributed by atoms with Crippen LogP contribution in [0.1, 0.15) is 75.6 Å². The van der Waals surface area contributed by atoms with Crippen LogP contribution in [0.4, 0.5) is 0 Å². The number of nitrogens with zero attached hydrogens (tertiary/aromatic N) is 1. The van der Waals surface area contributed by atoms with Gasteiger partial charge < -0.3 is 9.67 Å². The largest absolute Gasteiger partial charge is 0.388 e. The molecule has 0 radical (unpaired) electrons. The molecule has 1 N–H and O–H groups in total. The molecule has 3 atom stereocenters. The first-order chi connectivity index (χ1) is 8.54. The van der Waals surface area contributed by atoms with E-state index < -0.39 is 0 Å². The zero-order valence-corrected chi connectivity index (χ0v) is 12.2. The van der Waals surface area contributed by atoms with E-state index in [2.05, 4.69) is 38.3 Å². The lowest BCUT2D eigenvalue weighted by Crippen LogP contribution is -2.17. The van der Waals surface area contributed by atoms with Crippen molar-refractivity contribution in [2.75, 3.05) is 0 Å². The first-order valence-electron chi connectivity index (χ1n) is 7.43. The Labute approximate surface area is 111 Å². The Morgan fingerprint density at radius 3 is 2.83 bits per heavy atom. The van der Waals surface area contributed by atoms with E-state index >= 15 is 0 Å². The molecule has 102 valence electrons. The summed E-state index contributed by atoms with van der Waals surface area (Å²) in [6.07, 6.45) is 5.42. The highest BCUT2D eigenvalue weighted by Crippen LogP contribution is 2.35. The Bertz CT molecular complexity index is 407. The molecule has 0 amide bonds. The second-order valence-corrected chi connectivity index (χ2v) is 6.06. The Kier molecular flexibility index (Phi) is 4.16. The molecule has 0 aliphatic heterocycles. The van der Waals surface area contributed by atoms with Crippen LogP contribution in [0.5, 0.6) is 0 Å². The summed E-state index contributed by atoms with van der Waals surface area (Å²) in [5.74, 6) is 0.769. The Hall–Kier alpha value is -0.760. The lowest BCUT2D eigenvalue weighted by atomic mass is 9.94. The third-order valence-electron chi connectivity index (χ3n) is 4.50. The number of hydrogen-bond donors (Lipinski definition) is 1. The molecular formula is C16H27NO. The van der Waals surface area contributed by atoms with Crippen molar-refractivity contribution in [3.63, 3.8) is 0 Å². The molecule has 0 aromatic carbocycles. The minimum absolute atomic E-state index is 0.232. The van der Waals surface area contributed by atoms with Crippen molar-refractivity contribution in [3.8, 4) is 0 Å². The van der Waals surface area contributed by atoms with Gasteiger partial charge in [-0.05, 0) is 51.5 Å². The number of aryl methyl sites for hydroxylation is 1. The monoisotopic (exact) mass is 249 g/mol. The van der Waals surface area contributed by atoms with E-state index in [-0.39, 0.29) is 6.10 Å². The normalized spacial score (nSPS) is 22.6. The molecule has 2 rings (SSSR count). The van der Waals surface area contributed by atoms with Crippen molar-refractivity contribution in [3.05, 3.63) is 23.0 Å². The molecule has 2 heteroatoms. The Morgan fingerprint density at radius 1 is 1.44 bits per heavy atom. The fourth-order valence-electron chi connectivity index (χ4n) is 3.37. The third-order valence-corrected chi connectivity index (χ3v) is 4.50. The van der Waals surface area contributed by atoms with Crippen LogP contribution in [-0.4, -0.2) is 9.67 Å². The SMILES string of the molecule is CCC(C)CC(C)n1c(C)cc2c1CCCC2O. The molecule has 0 spiro atoms. The number of hydrogen-bond acceptors (Lipinski definition) is 1. The summed E-state index contributed by atoms with van der Waals surface area (Å²) >= 11 is 0. The molecule has 2 nitrogen and oxygen atoms in total. The number of rotatable bonds is 4. The van der Waals surface area contributed by atoms with Crippen molar-refractivity contribution < 1.29 is 5.11 Å². The van der Waals surface area contributed by atoms with Gasteiger partial charge in [0.15, 0.2) is 0 Å². The van der Waals surface area contributed by atoms with E-state index in [4.69, 9.17) is 0 Å². The van der Waals surface area contributed by atoms with Gasteiger partial charge in [0, 0.05) is 23.0 Å². The minimum atomic E-state index is -0.232. The van der Waals surface area contributed by atoms with Gasteiger partial charge in [-0.1, -0.05) is 20.3 Å². The first-order valence-corrected chi connectivity index (χ1v) is 7.43. The number of aliphatic hydroxyl groups is 1. The zero-order chi connectivity index (χ0) is 13.3. The van der Waals surface area contributed by atoms with E-state index in [0.29, 0.717) is 6.04 Å². The van der Waals surface area contributed by atoms with E-state index in [1.165, 1.54) is 29.8 Å². The number of aromatic nitrogens is 1. The lowest BCUT2D eigenvalue weighted by Gasteiger charge is -2.25. The average molecular weight is 249 g/mol. The summed E-state index contributed by atoms with van der Waals surface area (Å²) in [7, 11) is 0. The fraction of sp³-hybridized carbons (Fsp3) is 0.750. The maximum Gasteiger partial charge on any atom is 0.0807 e. The predicted octanol–water partition coefficient (Wildman–Crippen LogP) is 4.16. The van der Waals surface area contributed by atoms with Gasteiger partial charge in [0.1, 0.15) is 0 Å². The quantitative estimate of drug-likeness (QED) is 0.851. The minimum Gasteiger partial charge on any atom is -0.388 e. The van der Waals surface area contributed by atoms with E-state index in [1.807, 2.05) is 0 Å². The van der Waals surface area contributed by atoms with Gasteiger partial charge in [-0.25, -0.2) is 0 Å². The molecule has 3 unspecified atom stereocenters. The smallest absolute Gasteiger partial charge is 0.0807 e. The van der Waals surface area contributed by atoms with E-state index in [1.54, 1.807) is 0 Å². The van der Waals surface area contributed by atoms with E-state index in [0.717, 1.165) is 25.2 Å². The molecule has 0 saturated heterocycles. The third kappa shape index (κ3) is 2.49. The average Bonchev–Trinajstić information content (AvgIpc) is 2.67. The molecule has 0 fully saturated rings. The number of fused-ring (bicyclic) bond motifs is 1. The van der Waals surface area contributed by atoms with Gasteiger partial charge in [0.05, 0.1) is 6.10 Å². The van der Waals surface area contributed by atoms with Gasteiger partial charge in [-0.15, -0.1) is 0 Å². The van der Waals surface area contributed by atoms with E-state index in [9.17, 15) is 5.11 Å². The van der Waals surface area contributed by atoms with Gasteiger partial charge in [0.2, 0.25) is 0 Å². The molecule has 1 aliphatic carbocycles. The molecule has 1 heterocycles. The van der Waals surface area contributed by atoms with Crippen LogP contribution in [0.3, 0.4) is 0 Å². The molecule has 1 aromatic rings. The van der Waals surface area contributed by atoms with Gasteiger partial charge in [-0.2, -0.15) is 0 Å². The maximum atomic E-state index is 10.1. The summed E-state index contributed by atoms with van der Waals surface area (Å²) in [6, 6.07) is 2.75. The Morgan fingerprint density at radius 2 is 2.17 bits per heavy atom.